The zero-order valence-electron chi connectivity index (χ0n) is 15.0. The van der Waals surface area contributed by atoms with Crippen LogP contribution in [0.1, 0.15) is 0 Å². The third-order valence-corrected chi connectivity index (χ3v) is 6.28. The molecule has 3 aromatic rings. The molecule has 138 valence electrons. The van der Waals surface area contributed by atoms with Gasteiger partial charge in [0, 0.05) is 47.2 Å². The summed E-state index contributed by atoms with van der Waals surface area (Å²) in [5, 5.41) is 2.88. The van der Waals surface area contributed by atoms with Crippen LogP contribution in [0.3, 0.4) is 0 Å². The molecule has 5 heteroatoms. The van der Waals surface area contributed by atoms with E-state index in [0.29, 0.717) is 5.75 Å². The van der Waals surface area contributed by atoms with Gasteiger partial charge in [-0.2, -0.15) is 0 Å². The molecule has 1 aliphatic rings. The number of carbonyl (C=O) groups is 1. The molecule has 0 saturated carbocycles. The molecule has 27 heavy (non-hydrogen) atoms. The van der Waals surface area contributed by atoms with Crippen LogP contribution >= 0.6 is 23.4 Å². The molecular formula is C22H21ClN2OS. The van der Waals surface area contributed by atoms with Crippen molar-refractivity contribution in [3.05, 3.63) is 71.8 Å². The number of thioether (sulfide) groups is 1. The smallest absolute Gasteiger partial charge is 0.233 e. The van der Waals surface area contributed by atoms with Gasteiger partial charge in [0.05, 0.1) is 5.75 Å². The molecule has 0 spiro atoms. The summed E-state index contributed by atoms with van der Waals surface area (Å²) in [6, 6.07) is 22.4. The van der Waals surface area contributed by atoms with Gasteiger partial charge in [0.1, 0.15) is 0 Å². The number of amides is 1. The maximum absolute atomic E-state index is 12.7. The van der Waals surface area contributed by atoms with E-state index in [9.17, 15) is 4.79 Å². The molecular weight excluding hydrogens is 376 g/mol. The van der Waals surface area contributed by atoms with Crippen molar-refractivity contribution in [2.75, 3.05) is 36.8 Å². The van der Waals surface area contributed by atoms with Crippen molar-refractivity contribution in [2.24, 2.45) is 0 Å². The minimum Gasteiger partial charge on any atom is -0.368 e. The number of halogens is 1. The number of benzene rings is 3. The molecule has 0 aromatic heterocycles. The Kier molecular flexibility index (Phi) is 5.55. The van der Waals surface area contributed by atoms with Crippen LogP contribution in [0.5, 0.6) is 0 Å². The second kappa shape index (κ2) is 8.24. The molecule has 1 amide bonds. The van der Waals surface area contributed by atoms with Gasteiger partial charge in [0.25, 0.3) is 0 Å². The summed E-state index contributed by atoms with van der Waals surface area (Å²) in [7, 11) is 0. The summed E-state index contributed by atoms with van der Waals surface area (Å²) in [4.78, 5) is 18.1. The minimum atomic E-state index is 0.191. The first kappa shape index (κ1) is 18.2. The molecule has 0 radical (unpaired) electrons. The Balaban J connectivity index is 1.37. The third-order valence-electron chi connectivity index (χ3n) is 4.92. The zero-order chi connectivity index (χ0) is 18.6. The van der Waals surface area contributed by atoms with E-state index in [1.165, 1.54) is 5.69 Å². The average Bonchev–Trinajstić information content (AvgIpc) is 2.73. The van der Waals surface area contributed by atoms with Crippen molar-refractivity contribution in [3.63, 3.8) is 0 Å². The molecule has 4 rings (SSSR count). The van der Waals surface area contributed by atoms with Crippen molar-refractivity contribution in [2.45, 2.75) is 4.90 Å². The Bertz CT molecular complexity index is 934. The molecule has 1 saturated heterocycles. The van der Waals surface area contributed by atoms with Gasteiger partial charge < -0.3 is 9.80 Å². The second-order valence-corrected chi connectivity index (χ2v) is 8.01. The van der Waals surface area contributed by atoms with Crippen LogP contribution in [-0.4, -0.2) is 42.7 Å². The van der Waals surface area contributed by atoms with E-state index in [4.69, 9.17) is 11.6 Å². The van der Waals surface area contributed by atoms with Gasteiger partial charge >= 0.3 is 0 Å². The molecule has 0 bridgehead atoms. The van der Waals surface area contributed by atoms with Crippen molar-refractivity contribution in [1.82, 2.24) is 4.90 Å². The first-order valence-electron chi connectivity index (χ1n) is 9.10. The Labute approximate surface area is 168 Å². The molecule has 0 aliphatic carbocycles. The normalized spacial score (nSPS) is 14.6. The number of rotatable bonds is 4. The highest BCUT2D eigenvalue weighted by Gasteiger charge is 2.21. The van der Waals surface area contributed by atoms with E-state index in [1.807, 2.05) is 35.2 Å². The summed E-state index contributed by atoms with van der Waals surface area (Å²) in [5.41, 5.74) is 1.23. The van der Waals surface area contributed by atoms with Gasteiger partial charge in [-0.05, 0) is 29.7 Å². The van der Waals surface area contributed by atoms with E-state index >= 15 is 0 Å². The van der Waals surface area contributed by atoms with Crippen molar-refractivity contribution < 1.29 is 4.79 Å². The summed E-state index contributed by atoms with van der Waals surface area (Å²) < 4.78 is 0. The van der Waals surface area contributed by atoms with Gasteiger partial charge in [0.2, 0.25) is 5.91 Å². The van der Waals surface area contributed by atoms with Crippen LogP contribution in [0.2, 0.25) is 5.02 Å². The van der Waals surface area contributed by atoms with Crippen LogP contribution in [-0.2, 0) is 4.79 Å². The fourth-order valence-electron chi connectivity index (χ4n) is 3.47. The first-order chi connectivity index (χ1) is 13.2. The summed E-state index contributed by atoms with van der Waals surface area (Å²) in [5.74, 6) is 0.632. The number of para-hydroxylation sites is 1. The highest BCUT2D eigenvalue weighted by Crippen LogP contribution is 2.33. The summed E-state index contributed by atoms with van der Waals surface area (Å²) >= 11 is 7.96. The SMILES string of the molecule is O=C(CSc1cccc2cccc(Cl)c12)N1CCN(c2ccccc2)CC1. The zero-order valence-corrected chi connectivity index (χ0v) is 16.5. The number of nitrogens with zero attached hydrogens (tertiary/aromatic N) is 2. The minimum absolute atomic E-state index is 0.191. The quantitative estimate of drug-likeness (QED) is 0.584. The molecule has 3 aromatic carbocycles. The molecule has 0 N–H and O–H groups in total. The number of hydrogen-bond acceptors (Lipinski definition) is 3. The van der Waals surface area contributed by atoms with E-state index in [1.54, 1.807) is 11.8 Å². The lowest BCUT2D eigenvalue weighted by Crippen LogP contribution is -2.49. The van der Waals surface area contributed by atoms with Gasteiger partial charge in [-0.15, -0.1) is 11.8 Å². The monoisotopic (exact) mass is 396 g/mol. The maximum atomic E-state index is 12.7. The molecule has 1 fully saturated rings. The number of anilines is 1. The lowest BCUT2D eigenvalue weighted by molar-refractivity contribution is -0.128. The van der Waals surface area contributed by atoms with Crippen molar-refractivity contribution in [1.29, 1.82) is 0 Å². The van der Waals surface area contributed by atoms with Crippen LogP contribution in [0.25, 0.3) is 10.8 Å². The summed E-state index contributed by atoms with van der Waals surface area (Å²) in [6.07, 6.45) is 0. The summed E-state index contributed by atoms with van der Waals surface area (Å²) in [6.45, 7) is 3.29. The van der Waals surface area contributed by atoms with Crippen LogP contribution in [0.4, 0.5) is 5.69 Å². The maximum Gasteiger partial charge on any atom is 0.233 e. The predicted octanol–water partition coefficient (Wildman–Crippen LogP) is 4.93. The number of piperazine rings is 1. The Morgan fingerprint density at radius 3 is 2.33 bits per heavy atom. The number of fused-ring (bicyclic) bond motifs is 1. The highest BCUT2D eigenvalue weighted by molar-refractivity contribution is 8.00. The van der Waals surface area contributed by atoms with E-state index in [0.717, 1.165) is 46.9 Å². The Hall–Kier alpha value is -2.17. The number of carbonyl (C=O) groups excluding carboxylic acids is 1. The topological polar surface area (TPSA) is 23.6 Å². The van der Waals surface area contributed by atoms with Gasteiger partial charge in [-0.25, -0.2) is 0 Å². The standard InChI is InChI=1S/C22H21ClN2OS/c23-19-10-4-6-17-7-5-11-20(22(17)19)27-16-21(26)25-14-12-24(13-15-25)18-8-2-1-3-9-18/h1-11H,12-16H2. The lowest BCUT2D eigenvalue weighted by atomic mass is 10.1. The first-order valence-corrected chi connectivity index (χ1v) is 10.5. The highest BCUT2D eigenvalue weighted by atomic mass is 35.5. The van der Waals surface area contributed by atoms with Crippen LogP contribution in [0, 0.1) is 0 Å². The average molecular weight is 397 g/mol. The molecule has 0 unspecified atom stereocenters. The van der Waals surface area contributed by atoms with Gasteiger partial charge in [0.15, 0.2) is 0 Å². The fourth-order valence-corrected chi connectivity index (χ4v) is 4.81. The van der Waals surface area contributed by atoms with Gasteiger partial charge in [-0.1, -0.05) is 54.1 Å². The largest absolute Gasteiger partial charge is 0.368 e. The van der Waals surface area contributed by atoms with Crippen LogP contribution in [0.15, 0.2) is 71.6 Å². The van der Waals surface area contributed by atoms with Gasteiger partial charge in [-0.3, -0.25) is 4.79 Å². The van der Waals surface area contributed by atoms with Crippen molar-refractivity contribution >= 4 is 45.7 Å². The molecule has 1 aliphatic heterocycles. The predicted molar refractivity (Wildman–Crippen MR) is 115 cm³/mol. The van der Waals surface area contributed by atoms with E-state index in [2.05, 4.69) is 41.3 Å². The van der Waals surface area contributed by atoms with E-state index < -0.39 is 0 Å². The Morgan fingerprint density at radius 1 is 0.889 bits per heavy atom. The molecule has 3 nitrogen and oxygen atoms in total. The van der Waals surface area contributed by atoms with Crippen LogP contribution < -0.4 is 4.90 Å². The fraction of sp³-hybridized carbons (Fsp3) is 0.227. The van der Waals surface area contributed by atoms with E-state index in [-0.39, 0.29) is 5.91 Å². The third kappa shape index (κ3) is 4.07. The second-order valence-electron chi connectivity index (χ2n) is 6.59. The number of hydrogen-bond donors (Lipinski definition) is 0. The Morgan fingerprint density at radius 2 is 1.59 bits per heavy atom. The molecule has 0 atom stereocenters. The van der Waals surface area contributed by atoms with Crippen molar-refractivity contribution in [3.8, 4) is 0 Å². The molecule has 1 heterocycles. The lowest BCUT2D eigenvalue weighted by Gasteiger charge is -2.36.